The van der Waals surface area contributed by atoms with Crippen LogP contribution < -0.4 is 14.8 Å². The monoisotopic (exact) mass is 475 g/mol. The van der Waals surface area contributed by atoms with Crippen LogP contribution in [-0.4, -0.2) is 81.1 Å². The zero-order valence-electron chi connectivity index (χ0n) is 19.3. The molecule has 33 heavy (non-hydrogen) atoms. The number of carbonyl (C=O) groups excluding carboxylic acids is 3. The zero-order valence-corrected chi connectivity index (χ0v) is 20.1. The molecular formula is C23H29N3O6S. The minimum Gasteiger partial charge on any atom is -0.493 e. The fraction of sp³-hybridized carbons (Fsp3) is 0.435. The molecule has 2 aromatic rings. The Balaban J connectivity index is 1.80. The first-order chi connectivity index (χ1) is 15.9. The van der Waals surface area contributed by atoms with Crippen LogP contribution in [0.25, 0.3) is 11.1 Å². The van der Waals surface area contributed by atoms with Crippen molar-refractivity contribution in [3.8, 4) is 22.6 Å². The Hall–Kier alpha value is -3.11. The van der Waals surface area contributed by atoms with E-state index in [1.54, 1.807) is 45.1 Å². The van der Waals surface area contributed by atoms with Crippen LogP contribution in [0, 0.1) is 0 Å². The minimum atomic E-state index is -0.506. The van der Waals surface area contributed by atoms with Gasteiger partial charge >= 0.3 is 5.97 Å². The number of esters is 1. The summed E-state index contributed by atoms with van der Waals surface area (Å²) in [5, 5.41) is 5.12. The van der Waals surface area contributed by atoms with Crippen LogP contribution in [0.2, 0.25) is 0 Å². The summed E-state index contributed by atoms with van der Waals surface area (Å²) in [6.07, 6.45) is 0. The number of anilines is 1. The summed E-state index contributed by atoms with van der Waals surface area (Å²) in [5.41, 5.74) is 1.70. The van der Waals surface area contributed by atoms with Gasteiger partial charge in [0.15, 0.2) is 11.5 Å². The Labute approximate surface area is 197 Å². The third-order valence-corrected chi connectivity index (χ3v) is 6.30. The molecule has 10 heteroatoms. The molecule has 0 aliphatic carbocycles. The van der Waals surface area contributed by atoms with Crippen molar-refractivity contribution < 1.29 is 28.6 Å². The number of nitrogens with one attached hydrogen (secondary N) is 1. The molecule has 9 nitrogen and oxygen atoms in total. The first-order valence-electron chi connectivity index (χ1n) is 10.7. The van der Waals surface area contributed by atoms with Crippen LogP contribution in [0.1, 0.15) is 24.2 Å². The van der Waals surface area contributed by atoms with Gasteiger partial charge in [0.05, 0.1) is 27.4 Å². The number of thiophene rings is 1. The van der Waals surface area contributed by atoms with E-state index in [9.17, 15) is 14.4 Å². The second kappa shape index (κ2) is 11.2. The van der Waals surface area contributed by atoms with E-state index < -0.39 is 5.97 Å². The molecular weight excluding hydrogens is 446 g/mol. The van der Waals surface area contributed by atoms with Gasteiger partial charge in [0.1, 0.15) is 10.6 Å². The summed E-state index contributed by atoms with van der Waals surface area (Å²) in [7, 11) is 3.10. The number of piperazine rings is 1. The average molecular weight is 476 g/mol. The summed E-state index contributed by atoms with van der Waals surface area (Å²) in [4.78, 5) is 40.8. The van der Waals surface area contributed by atoms with Crippen molar-refractivity contribution >= 4 is 34.1 Å². The summed E-state index contributed by atoms with van der Waals surface area (Å²) in [6.45, 7) is 6.12. The van der Waals surface area contributed by atoms with Crippen molar-refractivity contribution in [2.45, 2.75) is 13.8 Å². The highest BCUT2D eigenvalue weighted by Gasteiger charge is 2.25. The lowest BCUT2D eigenvalue weighted by Crippen LogP contribution is -2.49. The first kappa shape index (κ1) is 24.5. The fourth-order valence-corrected chi connectivity index (χ4v) is 4.64. The molecule has 0 bridgehead atoms. The normalized spacial score (nSPS) is 14.0. The maximum Gasteiger partial charge on any atom is 0.341 e. The molecule has 2 heterocycles. The number of rotatable bonds is 8. The molecule has 1 N–H and O–H groups in total. The van der Waals surface area contributed by atoms with Crippen molar-refractivity contribution in [2.24, 2.45) is 0 Å². The van der Waals surface area contributed by atoms with E-state index in [4.69, 9.17) is 14.2 Å². The number of methoxy groups -OCH3 is 2. The second-order valence-corrected chi connectivity index (χ2v) is 8.35. The number of carbonyl (C=O) groups is 3. The summed E-state index contributed by atoms with van der Waals surface area (Å²) >= 11 is 1.27. The van der Waals surface area contributed by atoms with Gasteiger partial charge in [0, 0.05) is 44.0 Å². The first-order valence-corrected chi connectivity index (χ1v) is 11.5. The van der Waals surface area contributed by atoms with Gasteiger partial charge in [-0.3, -0.25) is 14.5 Å². The Bertz CT molecular complexity index is 1010. The fourth-order valence-electron chi connectivity index (χ4n) is 3.66. The molecule has 3 rings (SSSR count). The lowest BCUT2D eigenvalue weighted by molar-refractivity contribution is -0.130. The number of hydrogen-bond acceptors (Lipinski definition) is 8. The standard InChI is InChI=1S/C23H29N3O6S/c1-5-32-23(29)21-17(16-6-7-18(30-3)19(12-16)31-4)14-33-22(21)24-20(28)13-25-8-10-26(11-9-25)15(2)27/h6-7,12,14H,5,8-11,13H2,1-4H3,(H,24,28). The lowest BCUT2D eigenvalue weighted by Gasteiger charge is -2.33. The topological polar surface area (TPSA) is 97.4 Å². The van der Waals surface area contributed by atoms with Gasteiger partial charge < -0.3 is 24.4 Å². The molecule has 1 saturated heterocycles. The van der Waals surface area contributed by atoms with Crippen molar-refractivity contribution in [1.82, 2.24) is 9.80 Å². The largest absolute Gasteiger partial charge is 0.493 e. The minimum absolute atomic E-state index is 0.0412. The van der Waals surface area contributed by atoms with E-state index in [0.29, 0.717) is 53.8 Å². The predicted octanol–water partition coefficient (Wildman–Crippen LogP) is 2.71. The third-order valence-electron chi connectivity index (χ3n) is 5.40. The second-order valence-electron chi connectivity index (χ2n) is 7.47. The SMILES string of the molecule is CCOC(=O)c1c(-c2ccc(OC)c(OC)c2)csc1NC(=O)CN1CCN(C(C)=O)CC1. The Morgan fingerprint density at radius 3 is 2.36 bits per heavy atom. The molecule has 1 aromatic carbocycles. The molecule has 178 valence electrons. The van der Waals surface area contributed by atoms with E-state index in [0.717, 1.165) is 5.56 Å². The van der Waals surface area contributed by atoms with Crippen LogP contribution >= 0.6 is 11.3 Å². The predicted molar refractivity (Wildman–Crippen MR) is 126 cm³/mol. The molecule has 1 aliphatic heterocycles. The molecule has 0 unspecified atom stereocenters. The Morgan fingerprint density at radius 1 is 1.06 bits per heavy atom. The number of amides is 2. The van der Waals surface area contributed by atoms with Gasteiger partial charge in [0.2, 0.25) is 11.8 Å². The molecule has 0 spiro atoms. The van der Waals surface area contributed by atoms with Gasteiger partial charge in [-0.1, -0.05) is 6.07 Å². The zero-order chi connectivity index (χ0) is 24.0. The highest BCUT2D eigenvalue weighted by Crippen LogP contribution is 2.39. The van der Waals surface area contributed by atoms with Crippen LogP contribution in [0.15, 0.2) is 23.6 Å². The number of ether oxygens (including phenoxy) is 3. The van der Waals surface area contributed by atoms with Gasteiger partial charge in [-0.15, -0.1) is 11.3 Å². The molecule has 0 radical (unpaired) electrons. The Kier molecular flexibility index (Phi) is 8.29. The van der Waals surface area contributed by atoms with Crippen LogP contribution in [-0.2, 0) is 14.3 Å². The van der Waals surface area contributed by atoms with Crippen molar-refractivity contribution in [2.75, 3.05) is 58.9 Å². The molecule has 1 fully saturated rings. The van der Waals surface area contributed by atoms with Gasteiger partial charge in [0.25, 0.3) is 0 Å². The number of nitrogens with zero attached hydrogens (tertiary/aromatic N) is 2. The number of benzene rings is 1. The van der Waals surface area contributed by atoms with Crippen molar-refractivity contribution in [3.05, 3.63) is 29.1 Å². The summed E-state index contributed by atoms with van der Waals surface area (Å²) in [5.74, 6) is 0.421. The average Bonchev–Trinajstić information content (AvgIpc) is 3.22. The van der Waals surface area contributed by atoms with Gasteiger partial charge in [-0.2, -0.15) is 0 Å². The van der Waals surface area contributed by atoms with E-state index in [2.05, 4.69) is 5.32 Å². The lowest BCUT2D eigenvalue weighted by atomic mass is 10.0. The Morgan fingerprint density at radius 2 is 1.76 bits per heavy atom. The molecule has 1 aliphatic rings. The van der Waals surface area contributed by atoms with E-state index in [-0.39, 0.29) is 25.0 Å². The molecule has 1 aromatic heterocycles. The van der Waals surface area contributed by atoms with Gasteiger partial charge in [-0.25, -0.2) is 4.79 Å². The quantitative estimate of drug-likeness (QED) is 0.586. The van der Waals surface area contributed by atoms with E-state index in [1.807, 2.05) is 16.3 Å². The molecule has 0 saturated carbocycles. The van der Waals surface area contributed by atoms with Crippen LogP contribution in [0.3, 0.4) is 0 Å². The summed E-state index contributed by atoms with van der Waals surface area (Å²) in [6, 6.07) is 5.37. The molecule has 0 atom stereocenters. The number of hydrogen-bond donors (Lipinski definition) is 1. The van der Waals surface area contributed by atoms with Crippen molar-refractivity contribution in [1.29, 1.82) is 0 Å². The van der Waals surface area contributed by atoms with E-state index >= 15 is 0 Å². The van der Waals surface area contributed by atoms with Gasteiger partial charge in [-0.05, 0) is 24.6 Å². The van der Waals surface area contributed by atoms with Crippen LogP contribution in [0.4, 0.5) is 5.00 Å². The molecule has 2 amide bonds. The highest BCUT2D eigenvalue weighted by atomic mass is 32.1. The van der Waals surface area contributed by atoms with Crippen molar-refractivity contribution in [3.63, 3.8) is 0 Å². The van der Waals surface area contributed by atoms with Crippen LogP contribution in [0.5, 0.6) is 11.5 Å². The van der Waals surface area contributed by atoms with E-state index in [1.165, 1.54) is 11.3 Å². The maximum atomic E-state index is 12.8. The highest BCUT2D eigenvalue weighted by molar-refractivity contribution is 7.15. The summed E-state index contributed by atoms with van der Waals surface area (Å²) < 4.78 is 16.0. The smallest absolute Gasteiger partial charge is 0.341 e. The maximum absolute atomic E-state index is 12.8. The third kappa shape index (κ3) is 5.82.